The molecule has 3 N–H and O–H groups in total. The molecule has 0 saturated heterocycles. The molecule has 0 fully saturated rings. The molecule has 7 heteroatoms. The van der Waals surface area contributed by atoms with Crippen molar-refractivity contribution in [2.75, 3.05) is 10.5 Å². The normalized spacial score (nSPS) is 12.2. The molecule has 0 radical (unpaired) electrons. The predicted molar refractivity (Wildman–Crippen MR) is 71.9 cm³/mol. The monoisotopic (exact) mass is 287 g/mol. The van der Waals surface area contributed by atoms with Gasteiger partial charge < -0.3 is 10.2 Å². The molecule has 0 saturated carbocycles. The number of benzene rings is 1. The van der Waals surface area contributed by atoms with Gasteiger partial charge in [-0.15, -0.1) is 0 Å². The largest absolute Gasteiger partial charge is 0.507 e. The highest BCUT2D eigenvalue weighted by Gasteiger charge is 2.22. The topological polar surface area (TPSA) is 104 Å². The van der Waals surface area contributed by atoms with Crippen molar-refractivity contribution < 1.29 is 23.4 Å². The highest BCUT2D eigenvalue weighted by Crippen LogP contribution is 2.23. The van der Waals surface area contributed by atoms with Crippen molar-refractivity contribution in [2.45, 2.75) is 20.8 Å². The van der Waals surface area contributed by atoms with Crippen molar-refractivity contribution in [3.05, 3.63) is 23.8 Å². The molecule has 19 heavy (non-hydrogen) atoms. The summed E-state index contributed by atoms with van der Waals surface area (Å²) in [6, 6.07) is 3.53. The average molecular weight is 287 g/mol. The molecule has 0 aliphatic carbocycles. The van der Waals surface area contributed by atoms with Gasteiger partial charge in [-0.2, -0.15) is 0 Å². The number of phenols is 1. The van der Waals surface area contributed by atoms with Crippen molar-refractivity contribution in [2.24, 2.45) is 5.41 Å². The smallest absolute Gasteiger partial charge is 0.339 e. The van der Waals surface area contributed by atoms with Crippen LogP contribution in [-0.2, 0) is 10.0 Å². The number of hydrogen-bond donors (Lipinski definition) is 3. The number of nitrogens with one attached hydrogen (secondary N) is 1. The molecule has 1 aromatic carbocycles. The van der Waals surface area contributed by atoms with Crippen molar-refractivity contribution in [1.82, 2.24) is 0 Å². The third kappa shape index (κ3) is 4.78. The van der Waals surface area contributed by atoms with Gasteiger partial charge in [0, 0.05) is 5.69 Å². The summed E-state index contributed by atoms with van der Waals surface area (Å²) in [5.74, 6) is -1.83. The van der Waals surface area contributed by atoms with Gasteiger partial charge in [0.15, 0.2) is 0 Å². The van der Waals surface area contributed by atoms with Crippen LogP contribution in [0.2, 0.25) is 0 Å². The maximum atomic E-state index is 11.9. The molecule has 0 spiro atoms. The number of carboxylic acids is 1. The molecule has 0 amide bonds. The second kappa shape index (κ2) is 5.08. The number of sulfonamides is 1. The fraction of sp³-hybridized carbons (Fsp3) is 0.417. The first kappa shape index (κ1) is 15.3. The lowest BCUT2D eigenvalue weighted by Gasteiger charge is -2.19. The summed E-state index contributed by atoms with van der Waals surface area (Å²) < 4.78 is 26.0. The summed E-state index contributed by atoms with van der Waals surface area (Å²) in [7, 11) is -3.57. The fourth-order valence-corrected chi connectivity index (χ4v) is 3.25. The van der Waals surface area contributed by atoms with Crippen molar-refractivity contribution >= 4 is 21.7 Å². The minimum absolute atomic E-state index is 0.0940. The molecule has 6 nitrogen and oxygen atoms in total. The molecule has 0 heterocycles. The highest BCUT2D eigenvalue weighted by atomic mass is 32.2. The Morgan fingerprint density at radius 1 is 1.32 bits per heavy atom. The van der Waals surface area contributed by atoms with Crippen molar-refractivity contribution in [1.29, 1.82) is 0 Å². The van der Waals surface area contributed by atoms with Crippen molar-refractivity contribution in [3.63, 3.8) is 0 Å². The number of carboxylic acid groups (broad SMARTS) is 1. The second-order valence-electron chi connectivity index (χ2n) is 5.46. The predicted octanol–water partition coefficient (Wildman–Crippen LogP) is 1.88. The Labute approximate surface area is 112 Å². The minimum Gasteiger partial charge on any atom is -0.507 e. The quantitative estimate of drug-likeness (QED) is 0.733. The first-order valence-corrected chi connectivity index (χ1v) is 7.22. The van der Waals surface area contributed by atoms with E-state index < -0.39 is 27.2 Å². The maximum absolute atomic E-state index is 11.9. The van der Waals surface area contributed by atoms with E-state index in [-0.39, 0.29) is 17.0 Å². The number of aromatic hydroxyl groups is 1. The number of rotatable bonds is 4. The van der Waals surface area contributed by atoms with E-state index in [1.165, 1.54) is 6.07 Å². The van der Waals surface area contributed by atoms with Crippen LogP contribution in [0.1, 0.15) is 31.1 Å². The molecule has 0 aliphatic heterocycles. The molecular weight excluding hydrogens is 270 g/mol. The molecule has 0 aromatic heterocycles. The Balaban J connectivity index is 3.01. The molecule has 0 unspecified atom stereocenters. The van der Waals surface area contributed by atoms with Crippen molar-refractivity contribution in [3.8, 4) is 5.75 Å². The summed E-state index contributed by atoms with van der Waals surface area (Å²) in [6.45, 7) is 5.35. The SMILES string of the molecule is CC(C)(C)CS(=O)(=O)Nc1ccc(O)c(C(=O)O)c1. The molecule has 0 aliphatic rings. The van der Waals surface area contributed by atoms with Gasteiger partial charge in [0.2, 0.25) is 10.0 Å². The maximum Gasteiger partial charge on any atom is 0.339 e. The lowest BCUT2D eigenvalue weighted by atomic mass is 10.0. The summed E-state index contributed by atoms with van der Waals surface area (Å²) in [5, 5.41) is 18.2. The average Bonchev–Trinajstić information content (AvgIpc) is 2.16. The van der Waals surface area contributed by atoms with Crippen LogP contribution in [0.25, 0.3) is 0 Å². The lowest BCUT2D eigenvalue weighted by molar-refractivity contribution is 0.0693. The fourth-order valence-electron chi connectivity index (χ4n) is 1.56. The molecule has 1 aromatic rings. The Kier molecular flexibility index (Phi) is 4.09. The third-order valence-corrected chi connectivity index (χ3v) is 3.92. The van der Waals surface area contributed by atoms with Crippen LogP contribution in [0.5, 0.6) is 5.75 Å². The number of carbonyl (C=O) groups is 1. The zero-order chi connectivity index (χ0) is 14.8. The third-order valence-electron chi connectivity index (χ3n) is 2.12. The van der Waals surface area contributed by atoms with Gasteiger partial charge in [0.25, 0.3) is 0 Å². The molecule has 0 atom stereocenters. The Morgan fingerprint density at radius 2 is 1.89 bits per heavy atom. The Hall–Kier alpha value is -1.76. The second-order valence-corrected chi connectivity index (χ2v) is 7.18. The van der Waals surface area contributed by atoms with Crippen LogP contribution in [0.3, 0.4) is 0 Å². The number of aromatic carboxylic acids is 1. The van der Waals surface area contributed by atoms with E-state index in [4.69, 9.17) is 5.11 Å². The van der Waals surface area contributed by atoms with E-state index >= 15 is 0 Å². The van der Waals surface area contributed by atoms with E-state index in [0.717, 1.165) is 12.1 Å². The Morgan fingerprint density at radius 3 is 2.37 bits per heavy atom. The Bertz CT molecular complexity index is 587. The number of hydrogen-bond acceptors (Lipinski definition) is 4. The van der Waals surface area contributed by atoms with Crippen LogP contribution >= 0.6 is 0 Å². The standard InChI is InChI=1S/C12H17NO5S/c1-12(2,3)7-19(17,18)13-8-4-5-10(14)9(6-8)11(15)16/h4-6,13-14H,7H2,1-3H3,(H,15,16). The number of anilines is 1. The molecule has 1 rings (SSSR count). The van der Waals surface area contributed by atoms with E-state index in [9.17, 15) is 18.3 Å². The van der Waals surface area contributed by atoms with Gasteiger partial charge in [0.05, 0.1) is 5.75 Å². The molecular formula is C12H17NO5S. The van der Waals surface area contributed by atoms with Crippen LogP contribution in [0, 0.1) is 5.41 Å². The first-order chi connectivity index (χ1) is 8.50. The van der Waals surface area contributed by atoms with Crippen LogP contribution in [0.4, 0.5) is 5.69 Å². The zero-order valence-corrected chi connectivity index (χ0v) is 11.8. The van der Waals surface area contributed by atoms with Gasteiger partial charge in [-0.1, -0.05) is 20.8 Å². The van der Waals surface area contributed by atoms with E-state index in [1.807, 2.05) is 0 Å². The summed E-state index contributed by atoms with van der Waals surface area (Å²) in [6.07, 6.45) is 0. The van der Waals surface area contributed by atoms with E-state index in [0.29, 0.717) is 0 Å². The lowest BCUT2D eigenvalue weighted by Crippen LogP contribution is -2.26. The van der Waals surface area contributed by atoms with Crippen LogP contribution < -0.4 is 4.72 Å². The summed E-state index contributed by atoms with van der Waals surface area (Å²) in [4.78, 5) is 10.8. The van der Waals surface area contributed by atoms with E-state index in [1.54, 1.807) is 20.8 Å². The molecule has 106 valence electrons. The first-order valence-electron chi connectivity index (χ1n) is 5.57. The van der Waals surface area contributed by atoms with Gasteiger partial charge in [-0.3, -0.25) is 4.72 Å². The minimum atomic E-state index is -3.57. The summed E-state index contributed by atoms with van der Waals surface area (Å²) >= 11 is 0. The van der Waals surface area contributed by atoms with Crippen LogP contribution in [0.15, 0.2) is 18.2 Å². The van der Waals surface area contributed by atoms with Gasteiger partial charge >= 0.3 is 5.97 Å². The van der Waals surface area contributed by atoms with Gasteiger partial charge in [-0.05, 0) is 23.6 Å². The zero-order valence-electron chi connectivity index (χ0n) is 11.0. The molecule has 0 bridgehead atoms. The van der Waals surface area contributed by atoms with E-state index in [2.05, 4.69) is 4.72 Å². The van der Waals surface area contributed by atoms with Gasteiger partial charge in [0.1, 0.15) is 11.3 Å². The van der Waals surface area contributed by atoms with Gasteiger partial charge in [-0.25, -0.2) is 13.2 Å². The summed E-state index contributed by atoms with van der Waals surface area (Å²) in [5.41, 5.74) is -0.659. The van der Waals surface area contributed by atoms with Crippen LogP contribution in [-0.4, -0.2) is 30.4 Å². The highest BCUT2D eigenvalue weighted by molar-refractivity contribution is 7.92.